The predicted molar refractivity (Wildman–Crippen MR) is 35.6 cm³/mol. The molecule has 0 spiro atoms. The minimum Gasteiger partial charge on any atom is -0.149 e. The highest BCUT2D eigenvalue weighted by Gasteiger charge is 1.95. The first-order chi connectivity index (χ1) is 4.43. The van der Waals surface area contributed by atoms with Gasteiger partial charge in [-0.1, -0.05) is 24.0 Å². The molecule has 1 aliphatic carbocycles. The molecule has 0 bridgehead atoms. The Hall–Kier alpha value is -1.36. The highest BCUT2D eigenvalue weighted by molar-refractivity contribution is 5.30. The maximum Gasteiger partial charge on any atom is 0.171 e. The summed E-state index contributed by atoms with van der Waals surface area (Å²) in [5, 5.41) is 2.76. The van der Waals surface area contributed by atoms with Gasteiger partial charge in [-0.25, -0.2) is 0 Å². The van der Waals surface area contributed by atoms with Crippen LogP contribution in [0.5, 0.6) is 0 Å². The van der Waals surface area contributed by atoms with E-state index in [0.717, 1.165) is 0 Å². The maximum absolute atomic E-state index is 9.88. The highest BCUT2D eigenvalue weighted by atomic mass is 16.3. The second kappa shape index (κ2) is 2.83. The van der Waals surface area contributed by atoms with Crippen LogP contribution in [-0.2, 0) is 0 Å². The van der Waals surface area contributed by atoms with E-state index >= 15 is 0 Å². The van der Waals surface area contributed by atoms with Crippen LogP contribution in [0.15, 0.2) is 29.5 Å². The Balaban J connectivity index is 2.75. The van der Waals surface area contributed by atoms with Gasteiger partial charge in [-0.3, -0.25) is 0 Å². The first kappa shape index (κ1) is 5.77. The largest absolute Gasteiger partial charge is 0.171 e. The smallest absolute Gasteiger partial charge is 0.149 e. The minimum atomic E-state index is -0.458. The van der Waals surface area contributed by atoms with Crippen molar-refractivity contribution in [3.8, 4) is 11.8 Å². The van der Waals surface area contributed by atoms with Crippen LogP contribution in [0.4, 0.5) is 0 Å². The van der Waals surface area contributed by atoms with Crippen molar-refractivity contribution in [2.45, 2.75) is 6.04 Å². The second-order valence-electron chi connectivity index (χ2n) is 1.58. The standard InChI is InChI=1S/C7H5NO/c9-8-7-5-3-1-2-4-6-7/h1-3,5,7H. The third kappa shape index (κ3) is 1.54. The lowest BCUT2D eigenvalue weighted by molar-refractivity contribution is 1.05. The van der Waals surface area contributed by atoms with E-state index < -0.39 is 6.04 Å². The fourth-order valence-electron chi connectivity index (χ4n) is 0.516. The SMILES string of the molecule is O=NC1C#CC=CC=C1. The molecular weight excluding hydrogens is 114 g/mol. The molecular formula is C7H5NO. The van der Waals surface area contributed by atoms with Gasteiger partial charge in [0.25, 0.3) is 0 Å². The molecule has 0 saturated heterocycles. The van der Waals surface area contributed by atoms with E-state index in [9.17, 15) is 4.91 Å². The van der Waals surface area contributed by atoms with E-state index in [-0.39, 0.29) is 0 Å². The van der Waals surface area contributed by atoms with Gasteiger partial charge in [-0.15, -0.1) is 4.91 Å². The van der Waals surface area contributed by atoms with Crippen LogP contribution >= 0.6 is 0 Å². The van der Waals surface area contributed by atoms with Crippen molar-refractivity contribution in [3.63, 3.8) is 0 Å². The van der Waals surface area contributed by atoms with Crippen LogP contribution in [0.1, 0.15) is 0 Å². The van der Waals surface area contributed by atoms with Gasteiger partial charge in [-0.05, 0) is 17.3 Å². The van der Waals surface area contributed by atoms with Gasteiger partial charge in [0.2, 0.25) is 0 Å². The van der Waals surface area contributed by atoms with Gasteiger partial charge in [0.1, 0.15) is 0 Å². The first-order valence-electron chi connectivity index (χ1n) is 2.60. The second-order valence-corrected chi connectivity index (χ2v) is 1.58. The molecule has 0 aromatic heterocycles. The summed E-state index contributed by atoms with van der Waals surface area (Å²) >= 11 is 0. The zero-order valence-corrected chi connectivity index (χ0v) is 4.74. The van der Waals surface area contributed by atoms with Gasteiger partial charge < -0.3 is 0 Å². The molecule has 0 heterocycles. The Morgan fingerprint density at radius 3 is 3.11 bits per heavy atom. The van der Waals surface area contributed by atoms with E-state index in [1.807, 2.05) is 0 Å². The average molecular weight is 119 g/mol. The van der Waals surface area contributed by atoms with Crippen LogP contribution < -0.4 is 0 Å². The molecule has 0 aromatic rings. The quantitative estimate of drug-likeness (QED) is 0.377. The van der Waals surface area contributed by atoms with Crippen LogP contribution in [0.3, 0.4) is 0 Å². The van der Waals surface area contributed by atoms with Gasteiger partial charge in [0.05, 0.1) is 0 Å². The molecule has 0 saturated carbocycles. The van der Waals surface area contributed by atoms with Crippen molar-refractivity contribution in [3.05, 3.63) is 29.2 Å². The maximum atomic E-state index is 9.88. The van der Waals surface area contributed by atoms with Gasteiger partial charge >= 0.3 is 0 Å². The zero-order chi connectivity index (χ0) is 6.53. The summed E-state index contributed by atoms with van der Waals surface area (Å²) in [7, 11) is 0. The molecule has 44 valence electrons. The summed E-state index contributed by atoms with van der Waals surface area (Å²) in [6, 6.07) is -0.458. The van der Waals surface area contributed by atoms with Gasteiger partial charge in [-0.2, -0.15) is 0 Å². The van der Waals surface area contributed by atoms with Crippen molar-refractivity contribution in [2.24, 2.45) is 5.18 Å². The Bertz CT molecular complexity index is 217. The summed E-state index contributed by atoms with van der Waals surface area (Å²) in [6.45, 7) is 0. The van der Waals surface area contributed by atoms with Crippen LogP contribution in [0.2, 0.25) is 0 Å². The Kier molecular flexibility index (Phi) is 1.81. The Labute approximate surface area is 53.2 Å². The molecule has 9 heavy (non-hydrogen) atoms. The lowest BCUT2D eigenvalue weighted by Gasteiger charge is -1.84. The predicted octanol–water partition coefficient (Wildman–Crippen LogP) is 1.25. The number of nitrogens with zero attached hydrogens (tertiary/aromatic N) is 1. The summed E-state index contributed by atoms with van der Waals surface area (Å²) in [5.74, 6) is 5.29. The van der Waals surface area contributed by atoms with Gasteiger partial charge in [0.15, 0.2) is 6.04 Å². The number of rotatable bonds is 1. The minimum absolute atomic E-state index is 0.458. The van der Waals surface area contributed by atoms with Gasteiger partial charge in [0, 0.05) is 0 Å². The Morgan fingerprint density at radius 1 is 1.44 bits per heavy atom. The van der Waals surface area contributed by atoms with E-state index in [2.05, 4.69) is 17.0 Å². The first-order valence-corrected chi connectivity index (χ1v) is 2.60. The summed E-state index contributed by atoms with van der Waals surface area (Å²) in [5.41, 5.74) is 0. The normalized spacial score (nSPS) is 22.0. The van der Waals surface area contributed by atoms with Crippen molar-refractivity contribution in [1.82, 2.24) is 0 Å². The zero-order valence-electron chi connectivity index (χ0n) is 4.74. The van der Waals surface area contributed by atoms with Crippen molar-refractivity contribution < 1.29 is 0 Å². The van der Waals surface area contributed by atoms with E-state index in [0.29, 0.717) is 0 Å². The number of hydrogen-bond acceptors (Lipinski definition) is 2. The highest BCUT2D eigenvalue weighted by Crippen LogP contribution is 1.93. The van der Waals surface area contributed by atoms with E-state index in [4.69, 9.17) is 0 Å². The molecule has 0 aliphatic heterocycles. The summed E-state index contributed by atoms with van der Waals surface area (Å²) in [4.78, 5) is 9.88. The monoisotopic (exact) mass is 119 g/mol. The molecule has 1 unspecified atom stereocenters. The van der Waals surface area contributed by atoms with Crippen molar-refractivity contribution >= 4 is 0 Å². The van der Waals surface area contributed by atoms with E-state index in [1.165, 1.54) is 0 Å². The third-order valence-electron chi connectivity index (χ3n) is 0.929. The molecule has 2 nitrogen and oxygen atoms in total. The lowest BCUT2D eigenvalue weighted by atomic mass is 10.3. The van der Waals surface area contributed by atoms with E-state index in [1.54, 1.807) is 24.3 Å². The average Bonchev–Trinajstić information content (AvgIpc) is 2.13. The molecule has 2 heteroatoms. The molecule has 0 aromatic carbocycles. The molecule has 0 N–H and O–H groups in total. The summed E-state index contributed by atoms with van der Waals surface area (Å²) < 4.78 is 0. The number of nitroso groups, excluding NO2 is 1. The third-order valence-corrected chi connectivity index (χ3v) is 0.929. The Morgan fingerprint density at radius 2 is 2.33 bits per heavy atom. The molecule has 0 fully saturated rings. The van der Waals surface area contributed by atoms with Crippen LogP contribution in [0, 0.1) is 16.7 Å². The number of hydrogen-bond donors (Lipinski definition) is 0. The fraction of sp³-hybridized carbons (Fsp3) is 0.143. The topological polar surface area (TPSA) is 29.4 Å². The fourth-order valence-corrected chi connectivity index (χ4v) is 0.516. The molecule has 1 rings (SSSR count). The lowest BCUT2D eigenvalue weighted by Crippen LogP contribution is -1.91. The number of allylic oxidation sites excluding steroid dienone is 3. The molecule has 1 aliphatic rings. The van der Waals surface area contributed by atoms with Crippen molar-refractivity contribution in [2.75, 3.05) is 0 Å². The summed E-state index contributed by atoms with van der Waals surface area (Å²) in [6.07, 6.45) is 6.86. The molecule has 0 radical (unpaired) electrons. The van der Waals surface area contributed by atoms with Crippen LogP contribution in [-0.4, -0.2) is 6.04 Å². The van der Waals surface area contributed by atoms with Crippen LogP contribution in [0.25, 0.3) is 0 Å². The van der Waals surface area contributed by atoms with Crippen molar-refractivity contribution in [1.29, 1.82) is 0 Å². The molecule has 1 atom stereocenters. The molecule has 0 amide bonds.